The van der Waals surface area contributed by atoms with Crippen molar-refractivity contribution >= 4 is 39.5 Å². The fourth-order valence-electron chi connectivity index (χ4n) is 1.17. The molecule has 0 N–H and O–H groups in total. The van der Waals surface area contributed by atoms with E-state index >= 15 is 0 Å². The third-order valence-electron chi connectivity index (χ3n) is 1.77. The second-order valence-electron chi connectivity index (χ2n) is 2.61. The molecule has 0 saturated carbocycles. The smallest absolute Gasteiger partial charge is 0.229 e. The lowest BCUT2D eigenvalue weighted by Crippen LogP contribution is -2.04. The average Bonchev–Trinajstić information content (AvgIpc) is 2.48. The van der Waals surface area contributed by atoms with E-state index in [9.17, 15) is 4.79 Å². The molecule has 0 spiro atoms. The number of nitrogens with zero attached hydrogens (tertiary/aromatic N) is 3. The quantitative estimate of drug-likeness (QED) is 0.547. The molecule has 2 rings (SSSR count). The van der Waals surface area contributed by atoms with E-state index < -0.39 is 0 Å². The number of carbonyl (C=O) groups excluding carboxylic acids is 1. The van der Waals surface area contributed by atoms with Crippen LogP contribution in [0.5, 0.6) is 0 Å². The number of hydrogen-bond donors (Lipinski definition) is 0. The Morgan fingerprint density at radius 1 is 1.54 bits per heavy atom. The summed E-state index contributed by atoms with van der Waals surface area (Å²) < 4.78 is 2.38. The van der Waals surface area contributed by atoms with Crippen LogP contribution in [0.25, 0.3) is 11.0 Å². The molecule has 0 saturated heterocycles. The second kappa shape index (κ2) is 3.06. The Morgan fingerprint density at radius 3 is 3.00 bits per heavy atom. The molecule has 13 heavy (non-hydrogen) atoms. The molecular formula is C8H6IN3O. The molecule has 0 atom stereocenters. The normalized spacial score (nSPS) is 10.6. The van der Waals surface area contributed by atoms with Crippen molar-refractivity contribution in [2.45, 2.75) is 6.92 Å². The Hall–Kier alpha value is -0.980. The Kier molecular flexibility index (Phi) is 2.03. The number of halogens is 1. The summed E-state index contributed by atoms with van der Waals surface area (Å²) in [6.07, 6.45) is 3.17. The van der Waals surface area contributed by atoms with Gasteiger partial charge in [0.25, 0.3) is 0 Å². The lowest BCUT2D eigenvalue weighted by atomic mass is 10.4. The van der Waals surface area contributed by atoms with E-state index in [1.165, 1.54) is 17.8 Å². The zero-order chi connectivity index (χ0) is 9.42. The van der Waals surface area contributed by atoms with E-state index in [4.69, 9.17) is 0 Å². The van der Waals surface area contributed by atoms with Gasteiger partial charge in [-0.1, -0.05) is 0 Å². The van der Waals surface area contributed by atoms with Crippen LogP contribution in [0, 0.1) is 3.70 Å². The van der Waals surface area contributed by atoms with Crippen LogP contribution in [0.1, 0.15) is 11.7 Å². The predicted octanol–water partition coefficient (Wildman–Crippen LogP) is 1.70. The number of hydrogen-bond acceptors (Lipinski definition) is 3. The Labute approximate surface area is 88.1 Å². The van der Waals surface area contributed by atoms with Gasteiger partial charge in [-0.2, -0.15) is 0 Å². The van der Waals surface area contributed by atoms with Crippen molar-refractivity contribution < 1.29 is 4.79 Å². The molecule has 0 aromatic carbocycles. The monoisotopic (exact) mass is 287 g/mol. The highest BCUT2D eigenvalue weighted by atomic mass is 127. The minimum atomic E-state index is -0.0375. The third-order valence-corrected chi connectivity index (χ3v) is 2.63. The maximum atomic E-state index is 11.1. The van der Waals surface area contributed by atoms with E-state index in [0.29, 0.717) is 5.65 Å². The van der Waals surface area contributed by atoms with Crippen molar-refractivity contribution in [3.8, 4) is 0 Å². The summed E-state index contributed by atoms with van der Waals surface area (Å²) in [5, 5.41) is 0.915. The zero-order valence-corrected chi connectivity index (χ0v) is 9.02. The highest BCUT2D eigenvalue weighted by Crippen LogP contribution is 2.17. The molecule has 0 unspecified atom stereocenters. The summed E-state index contributed by atoms with van der Waals surface area (Å²) in [6, 6.07) is 1.85. The van der Waals surface area contributed by atoms with Gasteiger partial charge >= 0.3 is 0 Å². The average molecular weight is 287 g/mol. The van der Waals surface area contributed by atoms with Gasteiger partial charge in [0.1, 0.15) is 10.0 Å². The van der Waals surface area contributed by atoms with E-state index in [1.807, 2.05) is 6.07 Å². The van der Waals surface area contributed by atoms with E-state index in [1.54, 1.807) is 6.20 Å². The molecule has 0 aliphatic carbocycles. The highest BCUT2D eigenvalue weighted by Gasteiger charge is 2.07. The SMILES string of the molecule is CC(=O)n1ccc2c(I)ncnc21. The van der Waals surface area contributed by atoms with Gasteiger partial charge in [-0.3, -0.25) is 9.36 Å². The van der Waals surface area contributed by atoms with E-state index in [2.05, 4.69) is 32.6 Å². The highest BCUT2D eigenvalue weighted by molar-refractivity contribution is 14.1. The van der Waals surface area contributed by atoms with Crippen molar-refractivity contribution in [1.29, 1.82) is 0 Å². The summed E-state index contributed by atoms with van der Waals surface area (Å²) in [7, 11) is 0. The molecular weight excluding hydrogens is 281 g/mol. The van der Waals surface area contributed by atoms with Crippen molar-refractivity contribution in [2.75, 3.05) is 0 Å². The molecule has 0 bridgehead atoms. The summed E-state index contributed by atoms with van der Waals surface area (Å²) in [4.78, 5) is 19.2. The maximum Gasteiger partial charge on any atom is 0.229 e. The van der Waals surface area contributed by atoms with Crippen LogP contribution in [0.4, 0.5) is 0 Å². The lowest BCUT2D eigenvalue weighted by Gasteiger charge is -1.97. The molecule has 0 radical (unpaired) electrons. The summed E-state index contributed by atoms with van der Waals surface area (Å²) in [6.45, 7) is 1.51. The number of aromatic nitrogens is 3. The molecule has 4 nitrogen and oxygen atoms in total. The molecule has 0 aliphatic rings. The lowest BCUT2D eigenvalue weighted by molar-refractivity contribution is 0.0941. The third kappa shape index (κ3) is 1.32. The fourth-order valence-corrected chi connectivity index (χ4v) is 1.72. The molecule has 0 aliphatic heterocycles. The number of rotatable bonds is 0. The van der Waals surface area contributed by atoms with Crippen LogP contribution in [0.3, 0.4) is 0 Å². The van der Waals surface area contributed by atoms with Crippen LogP contribution in [0.15, 0.2) is 18.6 Å². The first-order valence-corrected chi connectivity index (χ1v) is 4.76. The summed E-state index contributed by atoms with van der Waals surface area (Å²) in [5.74, 6) is -0.0375. The van der Waals surface area contributed by atoms with Crippen molar-refractivity contribution in [3.63, 3.8) is 0 Å². The maximum absolute atomic E-state index is 11.1. The van der Waals surface area contributed by atoms with Crippen LogP contribution in [-0.4, -0.2) is 20.4 Å². The van der Waals surface area contributed by atoms with Gasteiger partial charge in [-0.15, -0.1) is 0 Å². The zero-order valence-electron chi connectivity index (χ0n) is 6.86. The van der Waals surface area contributed by atoms with Gasteiger partial charge in [0.2, 0.25) is 5.91 Å². The van der Waals surface area contributed by atoms with Crippen LogP contribution in [-0.2, 0) is 0 Å². The van der Waals surface area contributed by atoms with Crippen LogP contribution < -0.4 is 0 Å². The Balaban J connectivity index is 2.83. The first kappa shape index (κ1) is 8.61. The Morgan fingerprint density at radius 2 is 2.31 bits per heavy atom. The molecule has 0 fully saturated rings. The summed E-state index contributed by atoms with van der Waals surface area (Å²) >= 11 is 2.12. The molecule has 2 aromatic heterocycles. The number of carbonyl (C=O) groups is 1. The largest absolute Gasteiger partial charge is 0.274 e. The van der Waals surface area contributed by atoms with Crippen LogP contribution in [0.2, 0.25) is 0 Å². The fraction of sp³-hybridized carbons (Fsp3) is 0.125. The van der Waals surface area contributed by atoms with Crippen molar-refractivity contribution in [1.82, 2.24) is 14.5 Å². The number of fused-ring (bicyclic) bond motifs is 1. The molecule has 2 aromatic rings. The predicted molar refractivity (Wildman–Crippen MR) is 56.5 cm³/mol. The molecule has 66 valence electrons. The topological polar surface area (TPSA) is 47.8 Å². The first-order chi connectivity index (χ1) is 6.20. The molecule has 2 heterocycles. The molecule has 0 amide bonds. The van der Waals surface area contributed by atoms with Gasteiger partial charge in [-0.05, 0) is 28.7 Å². The van der Waals surface area contributed by atoms with Gasteiger partial charge in [-0.25, -0.2) is 9.97 Å². The first-order valence-electron chi connectivity index (χ1n) is 3.68. The minimum absolute atomic E-state index is 0.0375. The standard InChI is InChI=1S/C8H6IN3O/c1-5(13)12-3-2-6-7(9)10-4-11-8(6)12/h2-4H,1H3. The second-order valence-corrected chi connectivity index (χ2v) is 3.63. The summed E-state index contributed by atoms with van der Waals surface area (Å²) in [5.41, 5.74) is 0.673. The van der Waals surface area contributed by atoms with E-state index in [0.717, 1.165) is 9.09 Å². The van der Waals surface area contributed by atoms with Gasteiger partial charge in [0.15, 0.2) is 5.65 Å². The van der Waals surface area contributed by atoms with Crippen LogP contribution >= 0.6 is 22.6 Å². The van der Waals surface area contributed by atoms with Gasteiger partial charge in [0, 0.05) is 13.1 Å². The minimum Gasteiger partial charge on any atom is -0.274 e. The van der Waals surface area contributed by atoms with Gasteiger partial charge < -0.3 is 0 Å². The van der Waals surface area contributed by atoms with Gasteiger partial charge in [0.05, 0.1) is 5.39 Å². The molecule has 5 heteroatoms. The van der Waals surface area contributed by atoms with E-state index in [-0.39, 0.29) is 5.91 Å². The van der Waals surface area contributed by atoms with Crippen molar-refractivity contribution in [2.24, 2.45) is 0 Å². The Bertz CT molecular complexity index is 477. The van der Waals surface area contributed by atoms with Crippen molar-refractivity contribution in [3.05, 3.63) is 22.3 Å².